The molecule has 12 heteroatoms. The molecular formula is C29H26FN9O2. The van der Waals surface area contributed by atoms with Crippen LogP contribution in [0.25, 0.3) is 27.8 Å². The summed E-state index contributed by atoms with van der Waals surface area (Å²) in [5.74, 6) is 0.517. The van der Waals surface area contributed by atoms with Crippen molar-refractivity contribution in [1.29, 1.82) is 0 Å². The number of nitrogens with one attached hydrogen (secondary N) is 4. The summed E-state index contributed by atoms with van der Waals surface area (Å²) in [4.78, 5) is 17.3. The van der Waals surface area contributed by atoms with Crippen molar-refractivity contribution in [3.8, 4) is 28.4 Å². The summed E-state index contributed by atoms with van der Waals surface area (Å²) in [7, 11) is 0. The van der Waals surface area contributed by atoms with Gasteiger partial charge < -0.3 is 10.1 Å². The molecule has 4 N–H and O–H groups in total. The van der Waals surface area contributed by atoms with Crippen LogP contribution in [0.4, 0.5) is 20.7 Å². The average molecular weight is 552 g/mol. The average Bonchev–Trinajstić information content (AvgIpc) is 3.71. The van der Waals surface area contributed by atoms with Crippen LogP contribution in [-0.4, -0.2) is 41.2 Å². The van der Waals surface area contributed by atoms with E-state index in [1.165, 1.54) is 12.1 Å². The molecule has 0 saturated carbocycles. The maximum absolute atomic E-state index is 15.0. The fourth-order valence-electron chi connectivity index (χ4n) is 4.19. The van der Waals surface area contributed by atoms with Crippen molar-refractivity contribution in [2.45, 2.75) is 26.2 Å². The number of halogens is 1. The van der Waals surface area contributed by atoms with E-state index >= 15 is 4.39 Å². The van der Waals surface area contributed by atoms with Crippen LogP contribution in [0.2, 0.25) is 0 Å². The van der Waals surface area contributed by atoms with Gasteiger partial charge in [-0.2, -0.15) is 15.3 Å². The lowest BCUT2D eigenvalue weighted by molar-refractivity contribution is 0.262. The first kappa shape index (κ1) is 25.7. The van der Waals surface area contributed by atoms with Gasteiger partial charge in [-0.1, -0.05) is 20.8 Å². The number of urea groups is 1. The highest BCUT2D eigenvalue weighted by Crippen LogP contribution is 2.30. The minimum absolute atomic E-state index is 0.00871. The van der Waals surface area contributed by atoms with E-state index in [1.807, 2.05) is 39.0 Å². The Hall–Kier alpha value is -5.52. The molecule has 4 aromatic heterocycles. The molecule has 0 spiro atoms. The smallest absolute Gasteiger partial charge is 0.324 e. The van der Waals surface area contributed by atoms with Gasteiger partial charge in [-0.05, 0) is 36.4 Å². The monoisotopic (exact) mass is 551 g/mol. The molecule has 0 saturated heterocycles. The van der Waals surface area contributed by atoms with Gasteiger partial charge in [0.15, 0.2) is 0 Å². The highest BCUT2D eigenvalue weighted by molar-refractivity contribution is 5.99. The van der Waals surface area contributed by atoms with E-state index in [-0.39, 0.29) is 16.9 Å². The molecular weight excluding hydrogens is 525 g/mol. The first-order chi connectivity index (χ1) is 19.7. The molecule has 0 radical (unpaired) electrons. The maximum atomic E-state index is 15.0. The van der Waals surface area contributed by atoms with Crippen molar-refractivity contribution >= 4 is 28.4 Å². The van der Waals surface area contributed by atoms with E-state index in [9.17, 15) is 4.79 Å². The normalized spacial score (nSPS) is 11.5. The summed E-state index contributed by atoms with van der Waals surface area (Å²) in [6.45, 7) is 6.10. The van der Waals surface area contributed by atoms with Gasteiger partial charge in [-0.15, -0.1) is 0 Å². The van der Waals surface area contributed by atoms with Crippen molar-refractivity contribution in [2.75, 3.05) is 10.6 Å². The first-order valence-corrected chi connectivity index (χ1v) is 12.8. The van der Waals surface area contributed by atoms with Gasteiger partial charge in [0.05, 0.1) is 40.7 Å². The third-order valence-electron chi connectivity index (χ3n) is 6.34. The van der Waals surface area contributed by atoms with E-state index in [0.717, 1.165) is 27.8 Å². The van der Waals surface area contributed by atoms with Crippen LogP contribution >= 0.6 is 0 Å². The lowest BCUT2D eigenvalue weighted by Crippen LogP contribution is -2.22. The molecule has 11 nitrogen and oxygen atoms in total. The number of carbonyl (C=O) groups is 1. The largest absolute Gasteiger partial charge is 0.457 e. The van der Waals surface area contributed by atoms with E-state index < -0.39 is 11.8 Å². The Morgan fingerprint density at radius 2 is 1.83 bits per heavy atom. The number of H-pyrrole nitrogens is 2. The molecule has 0 aliphatic carbocycles. The summed E-state index contributed by atoms with van der Waals surface area (Å²) in [6, 6.07) is 14.5. The van der Waals surface area contributed by atoms with Crippen LogP contribution in [0.3, 0.4) is 0 Å². The highest BCUT2D eigenvalue weighted by atomic mass is 19.1. The van der Waals surface area contributed by atoms with Gasteiger partial charge in [-0.3, -0.25) is 20.5 Å². The van der Waals surface area contributed by atoms with E-state index in [4.69, 9.17) is 9.84 Å². The Bertz CT molecular complexity index is 1850. The third-order valence-corrected chi connectivity index (χ3v) is 6.34. The van der Waals surface area contributed by atoms with Crippen LogP contribution in [0.5, 0.6) is 11.5 Å². The van der Waals surface area contributed by atoms with Crippen molar-refractivity contribution in [1.82, 2.24) is 35.2 Å². The quantitative estimate of drug-likeness (QED) is 0.189. The minimum Gasteiger partial charge on any atom is -0.457 e. The van der Waals surface area contributed by atoms with Gasteiger partial charge in [0.1, 0.15) is 23.1 Å². The second kappa shape index (κ2) is 10.2. The molecule has 6 aromatic rings. The van der Waals surface area contributed by atoms with Crippen molar-refractivity contribution in [3.05, 3.63) is 90.9 Å². The first-order valence-electron chi connectivity index (χ1n) is 12.8. The lowest BCUT2D eigenvalue weighted by atomic mass is 9.92. The number of aromatic amines is 2. The molecule has 206 valence electrons. The number of anilines is 2. The second-order valence-corrected chi connectivity index (χ2v) is 10.4. The number of rotatable bonds is 6. The fraction of sp³-hybridized carbons (Fsp3) is 0.138. The van der Waals surface area contributed by atoms with Crippen molar-refractivity contribution < 1.29 is 13.9 Å². The van der Waals surface area contributed by atoms with Crippen molar-refractivity contribution in [2.24, 2.45) is 0 Å². The zero-order valence-electron chi connectivity index (χ0n) is 22.4. The van der Waals surface area contributed by atoms with E-state index in [0.29, 0.717) is 17.3 Å². The van der Waals surface area contributed by atoms with Gasteiger partial charge in [0.2, 0.25) is 0 Å². The van der Waals surface area contributed by atoms with Gasteiger partial charge in [0, 0.05) is 47.0 Å². The van der Waals surface area contributed by atoms with Crippen LogP contribution in [0.1, 0.15) is 26.5 Å². The van der Waals surface area contributed by atoms with Gasteiger partial charge in [0.25, 0.3) is 0 Å². The Morgan fingerprint density at radius 1 is 0.976 bits per heavy atom. The van der Waals surface area contributed by atoms with Gasteiger partial charge >= 0.3 is 6.03 Å². The number of fused-ring (bicyclic) bond motifs is 1. The minimum atomic E-state index is -0.656. The number of ether oxygens (including phenoxy) is 1. The number of aromatic nitrogens is 7. The number of carbonyl (C=O) groups excluding carboxylic acids is 1. The molecule has 0 atom stereocenters. The maximum Gasteiger partial charge on any atom is 0.324 e. The van der Waals surface area contributed by atoms with Crippen LogP contribution in [-0.2, 0) is 5.41 Å². The Labute approximate surface area is 233 Å². The Balaban J connectivity index is 1.19. The molecule has 0 bridgehead atoms. The summed E-state index contributed by atoms with van der Waals surface area (Å²) < 4.78 is 22.5. The SMILES string of the molecule is CC(C)(C)c1cc(NC(=O)Nc2ccc(Oc3ccnc(-c4cn[nH]c4)c3)cc2F)n(-c2ccc3[nH]ncc3c2)n1. The molecule has 41 heavy (non-hydrogen) atoms. The summed E-state index contributed by atoms with van der Waals surface area (Å²) in [5, 5.41) is 24.7. The molecule has 0 fully saturated rings. The fourth-order valence-corrected chi connectivity index (χ4v) is 4.19. The zero-order valence-corrected chi connectivity index (χ0v) is 22.4. The number of hydrogen-bond donors (Lipinski definition) is 4. The van der Waals surface area contributed by atoms with E-state index in [1.54, 1.807) is 53.7 Å². The summed E-state index contributed by atoms with van der Waals surface area (Å²) >= 11 is 0. The molecule has 6 rings (SSSR count). The molecule has 4 heterocycles. The predicted octanol–water partition coefficient (Wildman–Crippen LogP) is 6.41. The third kappa shape index (κ3) is 5.48. The van der Waals surface area contributed by atoms with Crippen molar-refractivity contribution in [3.63, 3.8) is 0 Å². The standard InChI is InChI=1S/C29H26FN9O2/c1-29(2,3)26-13-27(39(38-26)19-4-6-23-17(10-19)14-34-37-23)36-28(40)35-24-7-5-20(11-22(24)30)41-21-8-9-31-25(12-21)18-15-32-33-16-18/h4-16H,1-3H3,(H,32,33)(H,34,37)(H2,35,36,40). The second-order valence-electron chi connectivity index (χ2n) is 10.4. The predicted molar refractivity (Wildman–Crippen MR) is 153 cm³/mol. The number of benzene rings is 2. The molecule has 0 unspecified atom stereocenters. The Morgan fingerprint density at radius 3 is 2.61 bits per heavy atom. The molecule has 2 aromatic carbocycles. The molecule has 2 amide bonds. The van der Waals surface area contributed by atoms with Crippen LogP contribution < -0.4 is 15.4 Å². The number of hydrogen-bond acceptors (Lipinski definition) is 6. The lowest BCUT2D eigenvalue weighted by Gasteiger charge is -2.14. The van der Waals surface area contributed by atoms with Gasteiger partial charge in [-0.25, -0.2) is 13.9 Å². The zero-order chi connectivity index (χ0) is 28.6. The summed E-state index contributed by atoms with van der Waals surface area (Å²) in [5.41, 5.74) is 3.58. The molecule has 0 aliphatic heterocycles. The van der Waals surface area contributed by atoms with E-state index in [2.05, 4.69) is 36.0 Å². The number of pyridine rings is 1. The number of amides is 2. The van der Waals surface area contributed by atoms with Crippen LogP contribution in [0, 0.1) is 5.82 Å². The number of nitrogens with zero attached hydrogens (tertiary/aromatic N) is 5. The Kier molecular flexibility index (Phi) is 6.42. The molecule has 0 aliphatic rings. The van der Waals surface area contributed by atoms with Crippen LogP contribution in [0.15, 0.2) is 79.4 Å². The topological polar surface area (TPSA) is 138 Å². The summed E-state index contributed by atoms with van der Waals surface area (Å²) in [6.07, 6.45) is 6.67. The highest BCUT2D eigenvalue weighted by Gasteiger charge is 2.22.